The zero-order chi connectivity index (χ0) is 19.6. The Kier molecular flexibility index (Phi) is 5.25. The molecule has 2 N–H and O–H groups in total. The summed E-state index contributed by atoms with van der Waals surface area (Å²) in [5, 5.41) is 4.92. The zero-order valence-corrected chi connectivity index (χ0v) is 14.7. The number of anilines is 2. The van der Waals surface area contributed by atoms with Gasteiger partial charge in [0, 0.05) is 11.8 Å². The highest BCUT2D eigenvalue weighted by atomic mass is 19.1. The highest BCUT2D eigenvalue weighted by molar-refractivity contribution is 6.03. The Hall–Kier alpha value is -3.16. The fraction of sp³-hybridized carbons (Fsp3) is 0.263. The van der Waals surface area contributed by atoms with E-state index in [0.717, 1.165) is 12.1 Å². The molecule has 3 rings (SSSR count). The molecule has 1 saturated carbocycles. The Bertz CT molecular complexity index is 868. The van der Waals surface area contributed by atoms with E-state index in [-0.39, 0.29) is 5.91 Å². The van der Waals surface area contributed by atoms with Crippen molar-refractivity contribution in [1.82, 2.24) is 0 Å². The summed E-state index contributed by atoms with van der Waals surface area (Å²) in [6.07, 6.45) is 0.307. The van der Waals surface area contributed by atoms with Gasteiger partial charge in [0.25, 0.3) is 0 Å². The third-order valence-corrected chi connectivity index (χ3v) is 4.33. The Morgan fingerprint density at radius 2 is 1.52 bits per heavy atom. The van der Waals surface area contributed by atoms with Crippen molar-refractivity contribution in [3.63, 3.8) is 0 Å². The molecule has 2 aromatic rings. The van der Waals surface area contributed by atoms with Crippen LogP contribution < -0.4 is 20.1 Å². The van der Waals surface area contributed by atoms with Crippen molar-refractivity contribution < 1.29 is 27.8 Å². The number of halogens is 2. The summed E-state index contributed by atoms with van der Waals surface area (Å²) < 4.78 is 37.5. The molecule has 1 aliphatic carbocycles. The third kappa shape index (κ3) is 3.99. The average Bonchev–Trinajstić information content (AvgIpc) is 3.45. The maximum absolute atomic E-state index is 13.6. The number of ether oxygens (including phenoxy) is 2. The number of carbonyl (C=O) groups is 2. The van der Waals surface area contributed by atoms with Crippen molar-refractivity contribution in [2.24, 2.45) is 11.8 Å². The minimum atomic E-state index is -0.865. The number of hydrogen-bond donors (Lipinski definition) is 2. The third-order valence-electron chi connectivity index (χ3n) is 4.33. The van der Waals surface area contributed by atoms with E-state index in [4.69, 9.17) is 9.47 Å². The predicted molar refractivity (Wildman–Crippen MR) is 94.8 cm³/mol. The molecule has 2 aromatic carbocycles. The second-order valence-corrected chi connectivity index (χ2v) is 6.09. The molecule has 0 aromatic heterocycles. The second kappa shape index (κ2) is 7.61. The maximum atomic E-state index is 13.6. The van der Waals surface area contributed by atoms with Crippen LogP contribution in [-0.2, 0) is 9.59 Å². The van der Waals surface area contributed by atoms with Gasteiger partial charge in [-0.05, 0) is 30.7 Å². The lowest BCUT2D eigenvalue weighted by Gasteiger charge is -2.11. The molecule has 1 aliphatic rings. The number of carbonyl (C=O) groups excluding carboxylic acids is 2. The Labute approximate surface area is 154 Å². The van der Waals surface area contributed by atoms with Gasteiger partial charge in [0.05, 0.1) is 26.1 Å². The monoisotopic (exact) mass is 376 g/mol. The van der Waals surface area contributed by atoms with E-state index < -0.39 is 35.1 Å². The smallest absolute Gasteiger partial charge is 0.228 e. The van der Waals surface area contributed by atoms with Crippen LogP contribution in [0, 0.1) is 23.5 Å². The molecule has 0 radical (unpaired) electrons. The van der Waals surface area contributed by atoms with E-state index >= 15 is 0 Å². The summed E-state index contributed by atoms with van der Waals surface area (Å²) in [5.74, 6) is -2.90. The van der Waals surface area contributed by atoms with Crippen LogP contribution in [0.15, 0.2) is 36.4 Å². The number of amides is 2. The van der Waals surface area contributed by atoms with E-state index in [9.17, 15) is 18.4 Å². The van der Waals surface area contributed by atoms with Gasteiger partial charge in [0.1, 0.15) is 17.3 Å². The van der Waals surface area contributed by atoms with Gasteiger partial charge in [-0.15, -0.1) is 0 Å². The molecule has 0 aliphatic heterocycles. The summed E-state index contributed by atoms with van der Waals surface area (Å²) in [5.41, 5.74) is -0.0164. The van der Waals surface area contributed by atoms with Crippen LogP contribution in [0.1, 0.15) is 6.42 Å². The first-order valence-electron chi connectivity index (χ1n) is 8.22. The fourth-order valence-electron chi connectivity index (χ4n) is 2.76. The van der Waals surface area contributed by atoms with E-state index in [2.05, 4.69) is 10.6 Å². The topological polar surface area (TPSA) is 76.7 Å². The SMILES string of the molecule is COc1ccc(NC(=O)C2CC2C(=O)Nc2c(F)cccc2F)cc1OC. The number of rotatable bonds is 6. The molecule has 142 valence electrons. The maximum Gasteiger partial charge on any atom is 0.228 e. The summed E-state index contributed by atoms with van der Waals surface area (Å²) in [4.78, 5) is 24.5. The summed E-state index contributed by atoms with van der Waals surface area (Å²) >= 11 is 0. The molecule has 2 amide bonds. The normalized spacial score (nSPS) is 17.8. The van der Waals surface area contributed by atoms with Crippen molar-refractivity contribution in [2.75, 3.05) is 24.9 Å². The summed E-state index contributed by atoms with van der Waals surface area (Å²) in [7, 11) is 2.98. The van der Waals surface area contributed by atoms with Gasteiger partial charge in [-0.25, -0.2) is 8.78 Å². The summed E-state index contributed by atoms with van der Waals surface area (Å²) in [6, 6.07) is 8.19. The Morgan fingerprint density at radius 3 is 2.11 bits per heavy atom. The molecule has 0 saturated heterocycles. The standard InChI is InChI=1S/C19H18F2N2O4/c1-26-15-7-6-10(8-16(15)27-2)22-18(24)11-9-12(11)19(25)23-17-13(20)4-3-5-14(17)21/h3-8,11-12H,9H2,1-2H3,(H,22,24)(H,23,25). The first kappa shape index (κ1) is 18.6. The average molecular weight is 376 g/mol. The highest BCUT2D eigenvalue weighted by Crippen LogP contribution is 2.41. The molecule has 2 unspecified atom stereocenters. The van der Waals surface area contributed by atoms with Crippen LogP contribution in [0.4, 0.5) is 20.2 Å². The van der Waals surface area contributed by atoms with Crippen molar-refractivity contribution in [3.05, 3.63) is 48.0 Å². The quantitative estimate of drug-likeness (QED) is 0.812. The van der Waals surface area contributed by atoms with Crippen molar-refractivity contribution in [1.29, 1.82) is 0 Å². The van der Waals surface area contributed by atoms with Crippen LogP contribution in [-0.4, -0.2) is 26.0 Å². The van der Waals surface area contributed by atoms with Gasteiger partial charge >= 0.3 is 0 Å². The van der Waals surface area contributed by atoms with Crippen LogP contribution in [0.3, 0.4) is 0 Å². The number of methoxy groups -OCH3 is 2. The Morgan fingerprint density at radius 1 is 0.926 bits per heavy atom. The number of para-hydroxylation sites is 1. The molecule has 0 heterocycles. The predicted octanol–water partition coefficient (Wildman–Crippen LogP) is 3.20. The van der Waals surface area contributed by atoms with Gasteiger partial charge in [0.2, 0.25) is 11.8 Å². The van der Waals surface area contributed by atoms with E-state index in [0.29, 0.717) is 23.6 Å². The first-order valence-corrected chi connectivity index (χ1v) is 8.22. The molecule has 1 fully saturated rings. The van der Waals surface area contributed by atoms with Crippen molar-refractivity contribution >= 4 is 23.2 Å². The zero-order valence-electron chi connectivity index (χ0n) is 14.7. The van der Waals surface area contributed by atoms with Gasteiger partial charge in [-0.1, -0.05) is 6.07 Å². The molecular formula is C19H18F2N2O4. The molecule has 27 heavy (non-hydrogen) atoms. The van der Waals surface area contributed by atoms with Gasteiger partial charge in [-0.3, -0.25) is 9.59 Å². The molecule has 6 nitrogen and oxygen atoms in total. The molecular weight excluding hydrogens is 358 g/mol. The van der Waals surface area contributed by atoms with E-state index in [1.807, 2.05) is 0 Å². The number of benzene rings is 2. The molecule has 8 heteroatoms. The lowest BCUT2D eigenvalue weighted by molar-refractivity contribution is -0.122. The van der Waals surface area contributed by atoms with Crippen LogP contribution in [0.25, 0.3) is 0 Å². The number of hydrogen-bond acceptors (Lipinski definition) is 4. The minimum Gasteiger partial charge on any atom is -0.493 e. The van der Waals surface area contributed by atoms with Crippen LogP contribution in [0.5, 0.6) is 11.5 Å². The lowest BCUT2D eigenvalue weighted by atomic mass is 10.2. The summed E-state index contributed by atoms with van der Waals surface area (Å²) in [6.45, 7) is 0. The van der Waals surface area contributed by atoms with Crippen molar-refractivity contribution in [2.45, 2.75) is 6.42 Å². The Balaban J connectivity index is 1.61. The lowest BCUT2D eigenvalue weighted by Crippen LogP contribution is -2.21. The highest BCUT2D eigenvalue weighted by Gasteiger charge is 2.48. The number of nitrogens with one attached hydrogen (secondary N) is 2. The molecule has 2 atom stereocenters. The second-order valence-electron chi connectivity index (χ2n) is 6.09. The molecule has 0 spiro atoms. The minimum absolute atomic E-state index is 0.307. The van der Waals surface area contributed by atoms with E-state index in [1.54, 1.807) is 18.2 Å². The molecule has 0 bridgehead atoms. The van der Waals surface area contributed by atoms with Gasteiger partial charge < -0.3 is 20.1 Å². The fourth-order valence-corrected chi connectivity index (χ4v) is 2.76. The van der Waals surface area contributed by atoms with Crippen LogP contribution in [0.2, 0.25) is 0 Å². The van der Waals surface area contributed by atoms with Crippen LogP contribution >= 0.6 is 0 Å². The van der Waals surface area contributed by atoms with Gasteiger partial charge in [-0.2, -0.15) is 0 Å². The van der Waals surface area contributed by atoms with E-state index in [1.165, 1.54) is 20.3 Å². The first-order chi connectivity index (χ1) is 12.9. The van der Waals surface area contributed by atoms with Gasteiger partial charge in [0.15, 0.2) is 11.5 Å². The largest absolute Gasteiger partial charge is 0.493 e. The van der Waals surface area contributed by atoms with Crippen molar-refractivity contribution in [3.8, 4) is 11.5 Å².